The molecule has 4 fully saturated rings. The molecule has 4 aliphatic carbocycles. The fraction of sp³-hybridized carbons (Fsp3) is 0.545. The van der Waals surface area contributed by atoms with Gasteiger partial charge < -0.3 is 10.5 Å². The zero-order chi connectivity index (χ0) is 18.6. The Balaban J connectivity index is 1.66. The molecule has 27 heavy (non-hydrogen) atoms. The number of carbonyl (C=O) groups excluding carboxylic acids is 1. The molecule has 4 saturated carbocycles. The van der Waals surface area contributed by atoms with Gasteiger partial charge in [0.1, 0.15) is 0 Å². The molecule has 4 bridgehead atoms. The fourth-order valence-electron chi connectivity index (χ4n) is 6.66. The quantitative estimate of drug-likeness (QED) is 0.739. The minimum Gasteiger partial charge on any atom is -0.455 e. The van der Waals surface area contributed by atoms with E-state index >= 15 is 0 Å². The van der Waals surface area contributed by atoms with Crippen molar-refractivity contribution < 1.29 is 9.53 Å². The summed E-state index contributed by atoms with van der Waals surface area (Å²) in [4.78, 5) is 17.3. The molecule has 4 aliphatic rings. The van der Waals surface area contributed by atoms with Crippen LogP contribution in [0, 0.1) is 23.2 Å². The molecular formula is C22H26N2O2S. The number of rotatable bonds is 5. The number of nitrogens with zero attached hydrogens (tertiary/aromatic N) is 1. The lowest BCUT2D eigenvalue weighted by Gasteiger charge is -2.61. The van der Waals surface area contributed by atoms with Crippen molar-refractivity contribution in [3.8, 4) is 11.3 Å². The van der Waals surface area contributed by atoms with Crippen molar-refractivity contribution in [3.63, 3.8) is 0 Å². The van der Waals surface area contributed by atoms with E-state index in [-0.39, 0.29) is 5.41 Å². The van der Waals surface area contributed by atoms with Gasteiger partial charge in [-0.05, 0) is 63.2 Å². The maximum absolute atomic E-state index is 11.7. The van der Waals surface area contributed by atoms with Crippen LogP contribution in [0.4, 0.5) is 5.13 Å². The minimum absolute atomic E-state index is 0.00512. The van der Waals surface area contributed by atoms with Gasteiger partial charge >= 0.3 is 0 Å². The van der Waals surface area contributed by atoms with E-state index in [1.165, 1.54) is 30.6 Å². The van der Waals surface area contributed by atoms with Gasteiger partial charge in [-0.15, -0.1) is 0 Å². The highest BCUT2D eigenvalue weighted by Crippen LogP contribution is 2.67. The van der Waals surface area contributed by atoms with E-state index in [2.05, 4.69) is 24.0 Å². The molecule has 1 aromatic carbocycles. The first-order valence-electron chi connectivity index (χ1n) is 9.97. The summed E-state index contributed by atoms with van der Waals surface area (Å²) >= 11 is 1.49. The summed E-state index contributed by atoms with van der Waals surface area (Å²) in [5.74, 6) is 2.32. The average molecular weight is 383 g/mol. The van der Waals surface area contributed by atoms with Gasteiger partial charge in [0.25, 0.3) is 6.47 Å². The van der Waals surface area contributed by atoms with Crippen molar-refractivity contribution in [2.24, 2.45) is 23.2 Å². The van der Waals surface area contributed by atoms with E-state index in [0.717, 1.165) is 53.2 Å². The third-order valence-electron chi connectivity index (χ3n) is 7.46. The number of nitrogens with two attached hydrogens (primary N) is 1. The zero-order valence-corrected chi connectivity index (χ0v) is 16.5. The Morgan fingerprint density at radius 1 is 1.15 bits per heavy atom. The van der Waals surface area contributed by atoms with E-state index in [1.54, 1.807) is 0 Å². The van der Waals surface area contributed by atoms with Crippen LogP contribution in [0.25, 0.3) is 11.3 Å². The molecule has 1 atom stereocenters. The standard InChI is InChI=1S/C22H26N2O2S/c1-21(26-13-25,22-10-14-7-15(11-22)9-16(8-14)12-22)19-18(24-20(23)27-19)17-5-3-2-4-6-17/h2-6,13-16H,7-12H2,1H3,(H2,23,24). The molecule has 6 rings (SSSR count). The number of aromatic nitrogens is 1. The molecule has 0 saturated heterocycles. The number of benzene rings is 1. The number of thiazole rings is 1. The van der Waals surface area contributed by atoms with Crippen LogP contribution in [-0.2, 0) is 15.1 Å². The molecule has 0 spiro atoms. The lowest BCUT2D eigenvalue weighted by Crippen LogP contribution is -2.56. The normalized spacial score (nSPS) is 33.6. The number of hydrogen-bond donors (Lipinski definition) is 1. The average Bonchev–Trinajstić information content (AvgIpc) is 3.04. The van der Waals surface area contributed by atoms with E-state index in [4.69, 9.17) is 10.5 Å². The summed E-state index contributed by atoms with van der Waals surface area (Å²) in [7, 11) is 0. The predicted molar refractivity (Wildman–Crippen MR) is 107 cm³/mol. The lowest BCUT2D eigenvalue weighted by atomic mass is 9.45. The first kappa shape index (κ1) is 17.2. The summed E-state index contributed by atoms with van der Waals surface area (Å²) in [5, 5.41) is 0.536. The smallest absolute Gasteiger partial charge is 0.294 e. The number of nitrogen functional groups attached to an aromatic ring is 1. The fourth-order valence-corrected chi connectivity index (χ4v) is 7.73. The zero-order valence-electron chi connectivity index (χ0n) is 15.7. The largest absolute Gasteiger partial charge is 0.455 e. The van der Waals surface area contributed by atoms with Crippen molar-refractivity contribution in [1.82, 2.24) is 4.98 Å². The minimum atomic E-state index is -0.675. The maximum atomic E-state index is 11.7. The molecule has 1 unspecified atom stereocenters. The molecule has 1 aromatic heterocycles. The molecule has 5 heteroatoms. The predicted octanol–water partition coefficient (Wildman–Crippen LogP) is 5.00. The van der Waals surface area contributed by atoms with Crippen molar-refractivity contribution in [2.75, 3.05) is 5.73 Å². The van der Waals surface area contributed by atoms with Crippen LogP contribution in [0.5, 0.6) is 0 Å². The second-order valence-corrected chi connectivity index (χ2v) is 10.1. The highest BCUT2D eigenvalue weighted by molar-refractivity contribution is 7.16. The van der Waals surface area contributed by atoms with Gasteiger partial charge in [-0.2, -0.15) is 0 Å². The molecule has 2 aromatic rings. The number of hydrogen-bond acceptors (Lipinski definition) is 5. The summed E-state index contributed by atoms with van der Waals surface area (Å²) in [6.45, 7) is 2.76. The second kappa shape index (κ2) is 6.06. The summed E-state index contributed by atoms with van der Waals surface area (Å²) in [5.41, 5.74) is 7.40. The molecule has 1 heterocycles. The summed E-state index contributed by atoms with van der Waals surface area (Å²) in [6, 6.07) is 10.1. The lowest BCUT2D eigenvalue weighted by molar-refractivity contribution is -0.196. The topological polar surface area (TPSA) is 65.2 Å². The van der Waals surface area contributed by atoms with Crippen molar-refractivity contribution >= 4 is 22.9 Å². The van der Waals surface area contributed by atoms with E-state index < -0.39 is 5.60 Å². The molecule has 0 aliphatic heterocycles. The maximum Gasteiger partial charge on any atom is 0.294 e. The van der Waals surface area contributed by atoms with Crippen LogP contribution in [0.2, 0.25) is 0 Å². The van der Waals surface area contributed by atoms with Gasteiger partial charge in [-0.3, -0.25) is 4.79 Å². The van der Waals surface area contributed by atoms with E-state index in [1.807, 2.05) is 18.2 Å². The Morgan fingerprint density at radius 3 is 2.30 bits per heavy atom. The van der Waals surface area contributed by atoms with E-state index in [9.17, 15) is 4.79 Å². The second-order valence-electron chi connectivity index (χ2n) is 9.04. The van der Waals surface area contributed by atoms with Crippen LogP contribution in [0.1, 0.15) is 50.3 Å². The SMILES string of the molecule is CC(OC=O)(c1sc(N)nc1-c1ccccc1)C12CC3CC(CC(C3)C1)C2. The molecule has 2 N–H and O–H groups in total. The Labute approximate surface area is 164 Å². The van der Waals surface area contributed by atoms with Crippen LogP contribution in [0.15, 0.2) is 30.3 Å². The van der Waals surface area contributed by atoms with Gasteiger partial charge in [0.2, 0.25) is 0 Å². The number of carbonyl (C=O) groups is 1. The van der Waals surface area contributed by atoms with Gasteiger partial charge in [0.05, 0.1) is 10.6 Å². The Kier molecular flexibility index (Phi) is 3.87. The summed E-state index contributed by atoms with van der Waals surface area (Å²) < 4.78 is 6.01. The monoisotopic (exact) mass is 382 g/mol. The molecule has 142 valence electrons. The molecular weight excluding hydrogens is 356 g/mol. The number of ether oxygens (including phenoxy) is 1. The third-order valence-corrected chi connectivity index (χ3v) is 8.55. The first-order chi connectivity index (χ1) is 13.0. The van der Waals surface area contributed by atoms with Crippen molar-refractivity contribution in [3.05, 3.63) is 35.2 Å². The molecule has 4 nitrogen and oxygen atoms in total. The van der Waals surface area contributed by atoms with Crippen LogP contribution in [-0.4, -0.2) is 11.5 Å². The number of anilines is 1. The van der Waals surface area contributed by atoms with Crippen LogP contribution >= 0.6 is 11.3 Å². The van der Waals surface area contributed by atoms with Gasteiger partial charge in [-0.1, -0.05) is 41.7 Å². The van der Waals surface area contributed by atoms with Gasteiger partial charge in [0.15, 0.2) is 10.7 Å². The van der Waals surface area contributed by atoms with Gasteiger partial charge in [-0.25, -0.2) is 4.98 Å². The van der Waals surface area contributed by atoms with Crippen LogP contribution < -0.4 is 5.73 Å². The van der Waals surface area contributed by atoms with Gasteiger partial charge in [0, 0.05) is 11.0 Å². The molecule has 0 radical (unpaired) electrons. The first-order valence-corrected chi connectivity index (χ1v) is 10.8. The highest BCUT2D eigenvalue weighted by atomic mass is 32.1. The van der Waals surface area contributed by atoms with Crippen molar-refractivity contribution in [1.29, 1.82) is 0 Å². The molecule has 0 amide bonds. The van der Waals surface area contributed by atoms with Crippen molar-refractivity contribution in [2.45, 2.75) is 51.0 Å². The Hall–Kier alpha value is -1.88. The Morgan fingerprint density at radius 2 is 1.74 bits per heavy atom. The summed E-state index contributed by atoms with van der Waals surface area (Å²) in [6.07, 6.45) is 7.51. The van der Waals surface area contributed by atoms with E-state index in [0.29, 0.717) is 11.6 Å². The van der Waals surface area contributed by atoms with Crippen LogP contribution in [0.3, 0.4) is 0 Å². The Bertz CT molecular complexity index is 827. The third kappa shape index (κ3) is 2.54. The highest BCUT2D eigenvalue weighted by Gasteiger charge is 2.61.